The van der Waals surface area contributed by atoms with E-state index in [0.29, 0.717) is 0 Å². The molecule has 0 saturated heterocycles. The minimum Gasteiger partial charge on any atom is -0.368 e. The van der Waals surface area contributed by atoms with Crippen LogP contribution in [0.25, 0.3) is 0 Å². The van der Waals surface area contributed by atoms with Gasteiger partial charge in [0, 0.05) is 0 Å². The van der Waals surface area contributed by atoms with Gasteiger partial charge in [-0.15, -0.1) is 0 Å². The molecule has 0 aliphatic heterocycles. The summed E-state index contributed by atoms with van der Waals surface area (Å²) in [6.45, 7) is 0.0880. The molecule has 1 amide bonds. The molecule has 0 aromatic carbocycles. The molecule has 1 aliphatic rings. The number of nitrogens with two attached hydrogens (primary N) is 1. The molecule has 3 nitrogen and oxygen atoms in total. The highest BCUT2D eigenvalue weighted by atomic mass is 16.5. The van der Waals surface area contributed by atoms with Crippen LogP contribution < -0.4 is 5.73 Å². The molecule has 0 spiro atoms. The van der Waals surface area contributed by atoms with Crippen molar-refractivity contribution in [3.8, 4) is 0 Å². The van der Waals surface area contributed by atoms with E-state index in [1.54, 1.807) is 0 Å². The Hall–Kier alpha value is -0.570. The zero-order valence-electron chi connectivity index (χ0n) is 7.42. The van der Waals surface area contributed by atoms with Gasteiger partial charge in [0.2, 0.25) is 5.91 Å². The van der Waals surface area contributed by atoms with Gasteiger partial charge < -0.3 is 10.5 Å². The first-order chi connectivity index (χ1) is 5.79. The number of carbonyl (C=O) groups excluding carboxylic acids is 1. The van der Waals surface area contributed by atoms with Crippen LogP contribution >= 0.6 is 0 Å². The van der Waals surface area contributed by atoms with Gasteiger partial charge >= 0.3 is 0 Å². The predicted octanol–water partition coefficient (Wildman–Crippen LogP) is 1.21. The second-order valence-electron chi connectivity index (χ2n) is 3.39. The van der Waals surface area contributed by atoms with Crippen LogP contribution in [0.5, 0.6) is 0 Å². The Kier molecular flexibility index (Phi) is 4.08. The Morgan fingerprint density at radius 2 is 1.83 bits per heavy atom. The van der Waals surface area contributed by atoms with Crippen LogP contribution in [-0.2, 0) is 9.53 Å². The van der Waals surface area contributed by atoms with Crippen LogP contribution in [0, 0.1) is 0 Å². The molecule has 0 aromatic rings. The lowest BCUT2D eigenvalue weighted by Crippen LogP contribution is -2.23. The molecule has 2 N–H and O–H groups in total. The van der Waals surface area contributed by atoms with E-state index >= 15 is 0 Å². The molecular weight excluding hydrogens is 154 g/mol. The summed E-state index contributed by atoms with van der Waals surface area (Å²) >= 11 is 0. The largest absolute Gasteiger partial charge is 0.368 e. The lowest BCUT2D eigenvalue weighted by molar-refractivity contribution is -0.124. The van der Waals surface area contributed by atoms with E-state index in [-0.39, 0.29) is 18.6 Å². The Labute approximate surface area is 73.3 Å². The minimum atomic E-state index is -0.362. The third-order valence-electron chi connectivity index (χ3n) is 2.26. The van der Waals surface area contributed by atoms with Crippen LogP contribution in [-0.4, -0.2) is 18.6 Å². The molecule has 70 valence electrons. The molecule has 1 aliphatic carbocycles. The maximum Gasteiger partial charge on any atom is 0.243 e. The van der Waals surface area contributed by atoms with Gasteiger partial charge in [0.1, 0.15) is 6.61 Å². The Bertz CT molecular complexity index is 139. The first-order valence-electron chi connectivity index (χ1n) is 4.69. The van der Waals surface area contributed by atoms with Crippen molar-refractivity contribution >= 4 is 5.91 Å². The Balaban J connectivity index is 2.16. The lowest BCUT2D eigenvalue weighted by atomic mass is 10.1. The van der Waals surface area contributed by atoms with E-state index in [9.17, 15) is 4.79 Å². The average molecular weight is 171 g/mol. The highest BCUT2D eigenvalue weighted by Gasteiger charge is 2.12. The molecule has 1 rings (SSSR count). The van der Waals surface area contributed by atoms with E-state index in [1.807, 2.05) is 0 Å². The van der Waals surface area contributed by atoms with Gasteiger partial charge in [0.25, 0.3) is 0 Å². The number of ether oxygens (including phenoxy) is 1. The van der Waals surface area contributed by atoms with Gasteiger partial charge in [0.15, 0.2) is 0 Å². The molecule has 0 heterocycles. The maximum atomic E-state index is 10.4. The molecule has 0 radical (unpaired) electrons. The van der Waals surface area contributed by atoms with Gasteiger partial charge in [-0.25, -0.2) is 0 Å². The van der Waals surface area contributed by atoms with Crippen molar-refractivity contribution in [2.75, 3.05) is 6.61 Å². The lowest BCUT2D eigenvalue weighted by Gasteiger charge is -2.13. The molecule has 1 saturated carbocycles. The van der Waals surface area contributed by atoms with Crippen LogP contribution in [0.2, 0.25) is 0 Å². The molecule has 0 bridgehead atoms. The normalized spacial score (nSPS) is 20.3. The van der Waals surface area contributed by atoms with E-state index in [4.69, 9.17) is 10.5 Å². The molecule has 1 fully saturated rings. The number of carbonyl (C=O) groups is 1. The fraction of sp³-hybridized carbons (Fsp3) is 0.889. The third-order valence-corrected chi connectivity index (χ3v) is 2.26. The van der Waals surface area contributed by atoms with Gasteiger partial charge in [-0.2, -0.15) is 0 Å². The number of primary amides is 1. The molecule has 0 aromatic heterocycles. The topological polar surface area (TPSA) is 52.3 Å². The van der Waals surface area contributed by atoms with Crippen molar-refractivity contribution < 1.29 is 9.53 Å². The maximum absolute atomic E-state index is 10.4. The Morgan fingerprint density at radius 3 is 2.33 bits per heavy atom. The monoisotopic (exact) mass is 171 g/mol. The van der Waals surface area contributed by atoms with Crippen LogP contribution in [0.3, 0.4) is 0 Å². The van der Waals surface area contributed by atoms with Gasteiger partial charge in [-0.3, -0.25) is 4.79 Å². The summed E-state index contributed by atoms with van der Waals surface area (Å²) in [4.78, 5) is 10.4. The second-order valence-corrected chi connectivity index (χ2v) is 3.39. The third kappa shape index (κ3) is 3.72. The summed E-state index contributed by atoms with van der Waals surface area (Å²) in [7, 11) is 0. The summed E-state index contributed by atoms with van der Waals surface area (Å²) in [5, 5.41) is 0. The zero-order valence-corrected chi connectivity index (χ0v) is 7.42. The first-order valence-corrected chi connectivity index (χ1v) is 4.69. The zero-order chi connectivity index (χ0) is 8.81. The Morgan fingerprint density at radius 1 is 1.25 bits per heavy atom. The summed E-state index contributed by atoms with van der Waals surface area (Å²) in [6.07, 6.45) is 7.51. The van der Waals surface area contributed by atoms with E-state index in [0.717, 1.165) is 12.8 Å². The van der Waals surface area contributed by atoms with Crippen LogP contribution in [0.4, 0.5) is 0 Å². The van der Waals surface area contributed by atoms with Crippen molar-refractivity contribution in [1.82, 2.24) is 0 Å². The number of hydrogen-bond donors (Lipinski definition) is 1. The van der Waals surface area contributed by atoms with Crippen molar-refractivity contribution in [1.29, 1.82) is 0 Å². The fourth-order valence-electron chi connectivity index (χ4n) is 1.61. The number of hydrogen-bond acceptors (Lipinski definition) is 2. The molecular formula is C9H17NO2. The van der Waals surface area contributed by atoms with Crippen molar-refractivity contribution in [3.63, 3.8) is 0 Å². The SMILES string of the molecule is NC(=O)COC1CCCCCC1. The van der Waals surface area contributed by atoms with Crippen LogP contribution in [0.15, 0.2) is 0 Å². The number of rotatable bonds is 3. The quantitative estimate of drug-likeness (QED) is 0.649. The minimum absolute atomic E-state index is 0.0880. The summed E-state index contributed by atoms with van der Waals surface area (Å²) in [5.41, 5.74) is 4.98. The first kappa shape index (κ1) is 9.52. The molecule has 12 heavy (non-hydrogen) atoms. The van der Waals surface area contributed by atoms with Gasteiger partial charge in [-0.05, 0) is 12.8 Å². The van der Waals surface area contributed by atoms with E-state index < -0.39 is 0 Å². The summed E-state index contributed by atoms with van der Waals surface area (Å²) in [5.74, 6) is -0.362. The summed E-state index contributed by atoms with van der Waals surface area (Å²) < 4.78 is 5.35. The second kappa shape index (κ2) is 5.14. The van der Waals surface area contributed by atoms with E-state index in [2.05, 4.69) is 0 Å². The van der Waals surface area contributed by atoms with Gasteiger partial charge in [-0.1, -0.05) is 25.7 Å². The molecule has 3 heteroatoms. The standard InChI is InChI=1S/C9H17NO2/c10-9(11)7-12-8-5-3-1-2-4-6-8/h8H,1-7H2,(H2,10,11). The highest BCUT2D eigenvalue weighted by molar-refractivity contribution is 5.74. The average Bonchev–Trinajstić information content (AvgIpc) is 2.28. The van der Waals surface area contributed by atoms with Crippen molar-refractivity contribution in [2.45, 2.75) is 44.6 Å². The molecule has 0 atom stereocenters. The highest BCUT2D eigenvalue weighted by Crippen LogP contribution is 2.19. The van der Waals surface area contributed by atoms with Crippen LogP contribution in [0.1, 0.15) is 38.5 Å². The predicted molar refractivity (Wildman–Crippen MR) is 46.6 cm³/mol. The van der Waals surface area contributed by atoms with Gasteiger partial charge in [0.05, 0.1) is 6.10 Å². The van der Waals surface area contributed by atoms with Crippen molar-refractivity contribution in [2.24, 2.45) is 5.73 Å². The smallest absolute Gasteiger partial charge is 0.243 e. The summed E-state index contributed by atoms with van der Waals surface area (Å²) in [6, 6.07) is 0. The molecule has 0 unspecified atom stereocenters. The fourth-order valence-corrected chi connectivity index (χ4v) is 1.61. The van der Waals surface area contributed by atoms with E-state index in [1.165, 1.54) is 25.7 Å². The number of amides is 1. The van der Waals surface area contributed by atoms with Crippen molar-refractivity contribution in [3.05, 3.63) is 0 Å².